The molecule has 1 saturated heterocycles. The van der Waals surface area contributed by atoms with Crippen molar-refractivity contribution < 1.29 is 4.79 Å². The molecule has 5 heteroatoms. The summed E-state index contributed by atoms with van der Waals surface area (Å²) >= 11 is 0. The molecule has 1 atom stereocenters. The Morgan fingerprint density at radius 1 is 1.39 bits per heavy atom. The Labute approximate surface area is 108 Å². The number of nitrogens with zero attached hydrogens (tertiary/aromatic N) is 3. The van der Waals surface area contributed by atoms with Crippen molar-refractivity contribution in [2.45, 2.75) is 32.7 Å². The van der Waals surface area contributed by atoms with E-state index in [-0.39, 0.29) is 6.03 Å². The maximum Gasteiger partial charge on any atom is 0.326 e. The van der Waals surface area contributed by atoms with E-state index in [2.05, 4.69) is 29.0 Å². The first-order valence-corrected chi connectivity index (χ1v) is 6.68. The fourth-order valence-corrected chi connectivity index (χ4v) is 2.52. The lowest BCUT2D eigenvalue weighted by Crippen LogP contribution is -2.46. The second kappa shape index (κ2) is 6.00. The fraction of sp³-hybridized carbons (Fsp3) is 0.692. The third-order valence-corrected chi connectivity index (χ3v) is 3.58. The van der Waals surface area contributed by atoms with Crippen LogP contribution in [0, 0.1) is 5.92 Å². The van der Waals surface area contributed by atoms with E-state index in [9.17, 15) is 4.79 Å². The van der Waals surface area contributed by atoms with Crippen molar-refractivity contribution in [2.24, 2.45) is 5.92 Å². The van der Waals surface area contributed by atoms with Gasteiger partial charge in [-0.05, 0) is 31.8 Å². The highest BCUT2D eigenvalue weighted by molar-refractivity contribution is 5.76. The van der Waals surface area contributed by atoms with Crippen LogP contribution >= 0.6 is 0 Å². The minimum Gasteiger partial charge on any atom is -0.336 e. The van der Waals surface area contributed by atoms with Crippen LogP contribution < -0.4 is 5.32 Å². The predicted octanol–water partition coefficient (Wildman–Crippen LogP) is 1.56. The highest BCUT2D eigenvalue weighted by Gasteiger charge is 2.24. The highest BCUT2D eigenvalue weighted by Crippen LogP contribution is 2.17. The first-order valence-electron chi connectivity index (χ1n) is 6.68. The van der Waals surface area contributed by atoms with E-state index < -0.39 is 0 Å². The molecule has 1 amide bonds. The zero-order chi connectivity index (χ0) is 13.0. The third kappa shape index (κ3) is 3.10. The fourth-order valence-electron chi connectivity index (χ4n) is 2.52. The SMILES string of the molecule is CC(C)C(CNC(=O)n1ccnc1)N1CCCC1. The number of aromatic nitrogens is 2. The molecule has 1 unspecified atom stereocenters. The molecule has 1 aliphatic heterocycles. The average molecular weight is 250 g/mol. The second-order valence-electron chi connectivity index (χ2n) is 5.21. The largest absolute Gasteiger partial charge is 0.336 e. The van der Waals surface area contributed by atoms with Gasteiger partial charge in [0.15, 0.2) is 0 Å². The van der Waals surface area contributed by atoms with E-state index >= 15 is 0 Å². The molecule has 5 nitrogen and oxygen atoms in total. The lowest BCUT2D eigenvalue weighted by atomic mass is 10.0. The summed E-state index contributed by atoms with van der Waals surface area (Å²) in [6, 6.07) is 0.331. The Bertz CT molecular complexity index is 368. The van der Waals surface area contributed by atoms with Crippen molar-refractivity contribution in [3.05, 3.63) is 18.7 Å². The van der Waals surface area contributed by atoms with E-state index in [1.165, 1.54) is 23.7 Å². The Morgan fingerprint density at radius 2 is 2.11 bits per heavy atom. The summed E-state index contributed by atoms with van der Waals surface area (Å²) in [5.74, 6) is 0.547. The molecule has 0 aliphatic carbocycles. The molecule has 2 rings (SSSR count). The van der Waals surface area contributed by atoms with Crippen LogP contribution in [0.25, 0.3) is 0 Å². The Balaban J connectivity index is 1.87. The number of imidazole rings is 1. The normalized spacial score (nSPS) is 18.2. The number of carbonyl (C=O) groups is 1. The standard InChI is InChI=1S/C13H22N4O/c1-11(2)12(16-6-3-4-7-16)9-15-13(18)17-8-5-14-10-17/h5,8,10-12H,3-4,6-7,9H2,1-2H3,(H,15,18). The molecule has 1 N–H and O–H groups in total. The van der Waals surface area contributed by atoms with Gasteiger partial charge in [-0.15, -0.1) is 0 Å². The summed E-state index contributed by atoms with van der Waals surface area (Å²) < 4.78 is 1.47. The van der Waals surface area contributed by atoms with Gasteiger partial charge in [0.1, 0.15) is 6.33 Å². The first kappa shape index (κ1) is 13.1. The molecule has 0 spiro atoms. The number of likely N-dealkylation sites (tertiary alicyclic amines) is 1. The summed E-state index contributed by atoms with van der Waals surface area (Å²) in [5, 5.41) is 2.99. The quantitative estimate of drug-likeness (QED) is 0.882. The number of rotatable bonds is 4. The zero-order valence-electron chi connectivity index (χ0n) is 11.2. The molecule has 0 bridgehead atoms. The highest BCUT2D eigenvalue weighted by atomic mass is 16.2. The number of nitrogens with one attached hydrogen (secondary N) is 1. The van der Waals surface area contributed by atoms with Crippen molar-refractivity contribution in [3.8, 4) is 0 Å². The first-order chi connectivity index (χ1) is 8.68. The Kier molecular flexibility index (Phi) is 4.36. The topological polar surface area (TPSA) is 50.2 Å². The molecular weight excluding hydrogens is 228 g/mol. The summed E-state index contributed by atoms with van der Waals surface area (Å²) in [6.07, 6.45) is 7.35. The summed E-state index contributed by atoms with van der Waals surface area (Å²) in [6.45, 7) is 7.45. The van der Waals surface area contributed by atoms with Gasteiger partial charge < -0.3 is 5.32 Å². The van der Waals surface area contributed by atoms with E-state index in [1.807, 2.05) is 0 Å². The van der Waals surface area contributed by atoms with E-state index in [1.54, 1.807) is 12.4 Å². The van der Waals surface area contributed by atoms with Gasteiger partial charge >= 0.3 is 6.03 Å². The second-order valence-corrected chi connectivity index (χ2v) is 5.21. The van der Waals surface area contributed by atoms with Gasteiger partial charge in [-0.1, -0.05) is 13.8 Å². The molecule has 1 aliphatic rings. The van der Waals surface area contributed by atoms with Crippen LogP contribution in [0.4, 0.5) is 4.79 Å². The molecule has 18 heavy (non-hydrogen) atoms. The molecule has 0 saturated carbocycles. The zero-order valence-corrected chi connectivity index (χ0v) is 11.2. The molecule has 0 aromatic carbocycles. The van der Waals surface area contributed by atoms with Crippen molar-refractivity contribution in [2.75, 3.05) is 19.6 Å². The van der Waals surface area contributed by atoms with Crippen molar-refractivity contribution in [1.82, 2.24) is 19.8 Å². The molecule has 0 radical (unpaired) electrons. The summed E-state index contributed by atoms with van der Waals surface area (Å²) in [5.41, 5.74) is 0. The van der Waals surface area contributed by atoms with Crippen LogP contribution in [0.15, 0.2) is 18.7 Å². The molecule has 100 valence electrons. The molecule has 1 aromatic rings. The molecule has 1 aromatic heterocycles. The lowest BCUT2D eigenvalue weighted by Gasteiger charge is -2.30. The van der Waals surface area contributed by atoms with E-state index in [0.29, 0.717) is 18.5 Å². The van der Waals surface area contributed by atoms with Crippen LogP contribution in [0.3, 0.4) is 0 Å². The van der Waals surface area contributed by atoms with Gasteiger partial charge in [-0.2, -0.15) is 0 Å². The van der Waals surface area contributed by atoms with Gasteiger partial charge in [0.05, 0.1) is 0 Å². The lowest BCUT2D eigenvalue weighted by molar-refractivity contribution is 0.184. The summed E-state index contributed by atoms with van der Waals surface area (Å²) in [7, 11) is 0. The molecule has 2 heterocycles. The van der Waals surface area contributed by atoms with E-state index in [0.717, 1.165) is 13.1 Å². The molecular formula is C13H22N4O. The van der Waals surface area contributed by atoms with Crippen LogP contribution in [-0.2, 0) is 0 Å². The van der Waals surface area contributed by atoms with Crippen molar-refractivity contribution >= 4 is 6.03 Å². The van der Waals surface area contributed by atoms with Crippen LogP contribution in [0.5, 0.6) is 0 Å². The van der Waals surface area contributed by atoms with Gasteiger partial charge in [-0.3, -0.25) is 9.47 Å². The van der Waals surface area contributed by atoms with Crippen LogP contribution in [0.2, 0.25) is 0 Å². The number of amides is 1. The number of hydrogen-bond donors (Lipinski definition) is 1. The minimum atomic E-state index is -0.0997. The van der Waals surface area contributed by atoms with Crippen molar-refractivity contribution in [3.63, 3.8) is 0 Å². The monoisotopic (exact) mass is 250 g/mol. The number of carbonyl (C=O) groups excluding carboxylic acids is 1. The van der Waals surface area contributed by atoms with Crippen LogP contribution in [-0.4, -0.2) is 46.2 Å². The Hall–Kier alpha value is -1.36. The average Bonchev–Trinajstić information content (AvgIpc) is 3.01. The van der Waals surface area contributed by atoms with Gasteiger partial charge in [-0.25, -0.2) is 9.78 Å². The minimum absolute atomic E-state index is 0.0997. The molecule has 1 fully saturated rings. The number of hydrogen-bond acceptors (Lipinski definition) is 3. The van der Waals surface area contributed by atoms with Crippen molar-refractivity contribution in [1.29, 1.82) is 0 Å². The smallest absolute Gasteiger partial charge is 0.326 e. The maximum atomic E-state index is 11.8. The summed E-state index contributed by atoms with van der Waals surface area (Å²) in [4.78, 5) is 18.2. The van der Waals surface area contributed by atoms with Gasteiger partial charge in [0, 0.05) is 25.0 Å². The van der Waals surface area contributed by atoms with E-state index in [4.69, 9.17) is 0 Å². The third-order valence-electron chi connectivity index (χ3n) is 3.58. The van der Waals surface area contributed by atoms with Crippen LogP contribution in [0.1, 0.15) is 26.7 Å². The maximum absolute atomic E-state index is 11.8. The Morgan fingerprint density at radius 3 is 2.67 bits per heavy atom. The van der Waals surface area contributed by atoms with Gasteiger partial charge in [0.2, 0.25) is 0 Å². The predicted molar refractivity (Wildman–Crippen MR) is 70.5 cm³/mol. The van der Waals surface area contributed by atoms with Gasteiger partial charge in [0.25, 0.3) is 0 Å².